The van der Waals surface area contributed by atoms with Crippen molar-refractivity contribution in [2.75, 3.05) is 13.2 Å². The van der Waals surface area contributed by atoms with Gasteiger partial charge in [0.2, 0.25) is 5.91 Å². The molecule has 0 aromatic rings. The van der Waals surface area contributed by atoms with E-state index in [9.17, 15) is 4.79 Å². The van der Waals surface area contributed by atoms with Crippen LogP contribution in [0.5, 0.6) is 0 Å². The Morgan fingerprint density at radius 1 is 1.47 bits per heavy atom. The first kappa shape index (κ1) is 10.9. The van der Waals surface area contributed by atoms with E-state index in [4.69, 9.17) is 10.8 Å². The molecule has 15 heavy (non-hydrogen) atoms. The first-order valence-electron chi connectivity index (χ1n) is 5.88. The summed E-state index contributed by atoms with van der Waals surface area (Å²) in [5.41, 5.74) is 5.92. The number of carbonyl (C=O) groups is 1. The topological polar surface area (TPSA) is 66.6 Å². The van der Waals surface area contributed by atoms with Crippen LogP contribution in [0.4, 0.5) is 0 Å². The van der Waals surface area contributed by atoms with Gasteiger partial charge in [0.05, 0.1) is 12.6 Å². The Kier molecular flexibility index (Phi) is 3.26. The summed E-state index contributed by atoms with van der Waals surface area (Å²) in [4.78, 5) is 13.7. The molecule has 1 amide bonds. The van der Waals surface area contributed by atoms with Gasteiger partial charge in [-0.1, -0.05) is 0 Å². The summed E-state index contributed by atoms with van der Waals surface area (Å²) in [5, 5.41) is 9.12. The molecular weight excluding hydrogens is 192 g/mol. The number of hydrogen-bond acceptors (Lipinski definition) is 3. The molecule has 4 heteroatoms. The molecule has 1 saturated carbocycles. The zero-order valence-electron chi connectivity index (χ0n) is 9.06. The van der Waals surface area contributed by atoms with Gasteiger partial charge in [-0.15, -0.1) is 0 Å². The first-order valence-corrected chi connectivity index (χ1v) is 5.88. The summed E-state index contributed by atoms with van der Waals surface area (Å²) >= 11 is 0. The molecule has 2 rings (SSSR count). The third kappa shape index (κ3) is 2.49. The Bertz CT molecular complexity index is 241. The molecule has 2 atom stereocenters. The number of carbonyl (C=O) groups excluding carboxylic acids is 1. The molecular formula is C11H20N2O2. The summed E-state index contributed by atoms with van der Waals surface area (Å²) in [5.74, 6) is 0.704. The lowest BCUT2D eigenvalue weighted by Gasteiger charge is -2.24. The minimum absolute atomic E-state index is 0.0393. The molecule has 86 valence electrons. The molecule has 0 bridgehead atoms. The molecule has 2 unspecified atom stereocenters. The molecule has 2 fully saturated rings. The average Bonchev–Trinajstić information content (AvgIpc) is 2.96. The van der Waals surface area contributed by atoms with Crippen molar-refractivity contribution in [2.45, 2.75) is 44.2 Å². The minimum atomic E-state index is 0.0393. The van der Waals surface area contributed by atoms with Gasteiger partial charge in [-0.25, -0.2) is 0 Å². The van der Waals surface area contributed by atoms with E-state index in [2.05, 4.69) is 0 Å². The third-order valence-corrected chi connectivity index (χ3v) is 3.55. The number of amides is 1. The van der Waals surface area contributed by atoms with Gasteiger partial charge in [0.25, 0.3) is 0 Å². The Morgan fingerprint density at radius 2 is 2.20 bits per heavy atom. The summed E-state index contributed by atoms with van der Waals surface area (Å²) in [7, 11) is 0. The number of nitrogens with zero attached hydrogens (tertiary/aromatic N) is 1. The second-order valence-corrected chi connectivity index (χ2v) is 4.77. The van der Waals surface area contributed by atoms with E-state index in [0.717, 1.165) is 19.4 Å². The van der Waals surface area contributed by atoms with Crippen molar-refractivity contribution in [3.8, 4) is 0 Å². The molecule has 1 aliphatic heterocycles. The van der Waals surface area contributed by atoms with Crippen molar-refractivity contribution in [1.82, 2.24) is 4.90 Å². The van der Waals surface area contributed by atoms with Gasteiger partial charge in [-0.2, -0.15) is 0 Å². The van der Waals surface area contributed by atoms with Gasteiger partial charge in [0, 0.05) is 19.0 Å². The van der Waals surface area contributed by atoms with Crippen molar-refractivity contribution < 1.29 is 9.90 Å². The molecule has 4 nitrogen and oxygen atoms in total. The zero-order chi connectivity index (χ0) is 10.8. The van der Waals surface area contributed by atoms with Crippen LogP contribution in [0.1, 0.15) is 32.1 Å². The predicted octanol–water partition coefficient (Wildman–Crippen LogP) is 0.0971. The van der Waals surface area contributed by atoms with Gasteiger partial charge in [-0.05, 0) is 31.6 Å². The molecule has 0 spiro atoms. The van der Waals surface area contributed by atoms with Crippen molar-refractivity contribution in [1.29, 1.82) is 0 Å². The maximum Gasteiger partial charge on any atom is 0.224 e. The zero-order valence-corrected chi connectivity index (χ0v) is 9.06. The Balaban J connectivity index is 1.83. The smallest absolute Gasteiger partial charge is 0.224 e. The quantitative estimate of drug-likeness (QED) is 0.694. The van der Waals surface area contributed by atoms with Crippen LogP contribution >= 0.6 is 0 Å². The largest absolute Gasteiger partial charge is 0.394 e. The van der Waals surface area contributed by atoms with Gasteiger partial charge >= 0.3 is 0 Å². The van der Waals surface area contributed by atoms with Crippen LogP contribution in [0.2, 0.25) is 0 Å². The third-order valence-electron chi connectivity index (χ3n) is 3.55. The Labute approximate surface area is 90.4 Å². The van der Waals surface area contributed by atoms with E-state index in [-0.39, 0.29) is 24.6 Å². The highest BCUT2D eigenvalue weighted by molar-refractivity contribution is 5.77. The van der Waals surface area contributed by atoms with E-state index < -0.39 is 0 Å². The van der Waals surface area contributed by atoms with Gasteiger partial charge in [0.1, 0.15) is 0 Å². The highest BCUT2D eigenvalue weighted by Gasteiger charge is 2.33. The standard InChI is InChI=1S/C11H20N2O2/c12-10(8-3-4-8)6-11(15)13-5-1-2-9(13)7-14/h8-10,14H,1-7,12H2. The summed E-state index contributed by atoms with van der Waals surface area (Å²) < 4.78 is 0. The first-order chi connectivity index (χ1) is 7.22. The van der Waals surface area contributed by atoms with Crippen LogP contribution in [0.25, 0.3) is 0 Å². The van der Waals surface area contributed by atoms with Gasteiger partial charge in [-0.3, -0.25) is 4.79 Å². The van der Waals surface area contributed by atoms with Crippen molar-refractivity contribution in [3.63, 3.8) is 0 Å². The molecule has 1 aliphatic carbocycles. The number of aliphatic hydroxyl groups is 1. The predicted molar refractivity (Wildman–Crippen MR) is 57.1 cm³/mol. The van der Waals surface area contributed by atoms with E-state index >= 15 is 0 Å². The van der Waals surface area contributed by atoms with Crippen LogP contribution in [0, 0.1) is 5.92 Å². The highest BCUT2D eigenvalue weighted by atomic mass is 16.3. The molecule has 0 radical (unpaired) electrons. The number of rotatable bonds is 4. The average molecular weight is 212 g/mol. The summed E-state index contributed by atoms with van der Waals surface area (Å²) in [6.07, 6.45) is 4.76. The maximum absolute atomic E-state index is 11.9. The molecule has 0 aromatic carbocycles. The maximum atomic E-state index is 11.9. The lowest BCUT2D eigenvalue weighted by Crippen LogP contribution is -2.41. The van der Waals surface area contributed by atoms with E-state index in [1.165, 1.54) is 12.8 Å². The van der Waals surface area contributed by atoms with E-state index in [0.29, 0.717) is 12.3 Å². The number of hydrogen-bond donors (Lipinski definition) is 2. The van der Waals surface area contributed by atoms with E-state index in [1.807, 2.05) is 4.90 Å². The van der Waals surface area contributed by atoms with Crippen LogP contribution in [-0.2, 0) is 4.79 Å². The minimum Gasteiger partial charge on any atom is -0.394 e. The van der Waals surface area contributed by atoms with Gasteiger partial charge < -0.3 is 15.7 Å². The fraction of sp³-hybridized carbons (Fsp3) is 0.909. The molecule has 3 N–H and O–H groups in total. The van der Waals surface area contributed by atoms with Crippen molar-refractivity contribution in [3.05, 3.63) is 0 Å². The summed E-state index contributed by atoms with van der Waals surface area (Å²) in [6.45, 7) is 0.881. The number of aliphatic hydroxyl groups excluding tert-OH is 1. The second kappa shape index (κ2) is 4.49. The van der Waals surface area contributed by atoms with Crippen LogP contribution in [0.15, 0.2) is 0 Å². The molecule has 2 aliphatic rings. The van der Waals surface area contributed by atoms with Crippen LogP contribution in [0.3, 0.4) is 0 Å². The monoisotopic (exact) mass is 212 g/mol. The van der Waals surface area contributed by atoms with E-state index in [1.54, 1.807) is 0 Å². The van der Waals surface area contributed by atoms with Crippen molar-refractivity contribution in [2.24, 2.45) is 11.7 Å². The van der Waals surface area contributed by atoms with Crippen molar-refractivity contribution >= 4 is 5.91 Å². The normalized spacial score (nSPS) is 28.1. The van der Waals surface area contributed by atoms with Gasteiger partial charge in [0.15, 0.2) is 0 Å². The Hall–Kier alpha value is -0.610. The lowest BCUT2D eigenvalue weighted by atomic mass is 10.1. The highest BCUT2D eigenvalue weighted by Crippen LogP contribution is 2.33. The second-order valence-electron chi connectivity index (χ2n) is 4.77. The fourth-order valence-electron chi connectivity index (χ4n) is 2.36. The Morgan fingerprint density at radius 3 is 2.80 bits per heavy atom. The SMILES string of the molecule is NC(CC(=O)N1CCCC1CO)C1CC1. The molecule has 1 heterocycles. The van der Waals surface area contributed by atoms with Crippen LogP contribution in [-0.4, -0.2) is 41.1 Å². The fourth-order valence-corrected chi connectivity index (χ4v) is 2.36. The molecule has 0 aromatic heterocycles. The number of likely N-dealkylation sites (tertiary alicyclic amines) is 1. The molecule has 1 saturated heterocycles. The van der Waals surface area contributed by atoms with Crippen LogP contribution < -0.4 is 5.73 Å². The lowest BCUT2D eigenvalue weighted by molar-refractivity contribution is -0.133. The summed E-state index contributed by atoms with van der Waals surface area (Å²) in [6, 6.07) is 0.0846. The number of nitrogens with two attached hydrogens (primary N) is 1.